The number of hydrogen-bond acceptors (Lipinski definition) is 2. The fourth-order valence-corrected chi connectivity index (χ4v) is 1.62. The molecule has 1 aromatic rings. The first-order valence-corrected chi connectivity index (χ1v) is 5.26. The van der Waals surface area contributed by atoms with Gasteiger partial charge in [0.2, 0.25) is 0 Å². The van der Waals surface area contributed by atoms with Gasteiger partial charge in [-0.3, -0.25) is 4.68 Å². The van der Waals surface area contributed by atoms with Crippen LogP contribution in [0.4, 0.5) is 0 Å². The fraction of sp³-hybridized carbons (Fsp3) is 0.727. The van der Waals surface area contributed by atoms with Gasteiger partial charge in [0.1, 0.15) is 0 Å². The molecule has 1 heterocycles. The molecule has 3 nitrogen and oxygen atoms in total. The van der Waals surface area contributed by atoms with Gasteiger partial charge in [-0.15, -0.1) is 0 Å². The minimum Gasteiger partial charge on any atom is -0.308 e. The molecule has 0 saturated heterocycles. The minimum atomic E-state index is 0.227. The number of hydrogen-bond donors (Lipinski definition) is 1. The van der Waals surface area contributed by atoms with Gasteiger partial charge in [0, 0.05) is 30.9 Å². The third-order valence-corrected chi connectivity index (χ3v) is 2.40. The highest BCUT2D eigenvalue weighted by atomic mass is 15.2. The maximum atomic E-state index is 4.14. The van der Waals surface area contributed by atoms with Crippen molar-refractivity contribution in [2.24, 2.45) is 7.05 Å². The number of nitrogens with one attached hydrogen (secondary N) is 1. The number of aromatic nitrogens is 2. The number of aryl methyl sites for hydroxylation is 1. The van der Waals surface area contributed by atoms with E-state index in [1.165, 1.54) is 18.4 Å². The van der Waals surface area contributed by atoms with Crippen molar-refractivity contribution in [3.8, 4) is 0 Å². The van der Waals surface area contributed by atoms with Crippen LogP contribution in [0.2, 0.25) is 0 Å². The topological polar surface area (TPSA) is 29.9 Å². The Morgan fingerprint density at radius 2 is 2.21 bits per heavy atom. The fourth-order valence-electron chi connectivity index (χ4n) is 1.62. The molecule has 0 aliphatic heterocycles. The Morgan fingerprint density at radius 3 is 2.71 bits per heavy atom. The van der Waals surface area contributed by atoms with Crippen molar-refractivity contribution in [1.29, 1.82) is 0 Å². The SMILES string of the molecule is CCCC(C)(C)NCc1cnn(C)c1. The van der Waals surface area contributed by atoms with Gasteiger partial charge in [-0.05, 0) is 20.3 Å². The molecule has 0 saturated carbocycles. The van der Waals surface area contributed by atoms with E-state index in [9.17, 15) is 0 Å². The van der Waals surface area contributed by atoms with Gasteiger partial charge in [0.25, 0.3) is 0 Å². The van der Waals surface area contributed by atoms with E-state index in [0.717, 1.165) is 6.54 Å². The van der Waals surface area contributed by atoms with E-state index in [-0.39, 0.29) is 5.54 Å². The Kier molecular flexibility index (Phi) is 3.69. The molecule has 0 amide bonds. The zero-order valence-electron chi connectivity index (χ0n) is 9.67. The Hall–Kier alpha value is -0.830. The van der Waals surface area contributed by atoms with Crippen LogP contribution in [0.5, 0.6) is 0 Å². The molecule has 0 bridgehead atoms. The average Bonchev–Trinajstić information content (AvgIpc) is 2.48. The van der Waals surface area contributed by atoms with Crippen molar-refractivity contribution in [3.63, 3.8) is 0 Å². The Labute approximate surface area is 86.5 Å². The molecule has 0 radical (unpaired) electrons. The van der Waals surface area contributed by atoms with E-state index in [4.69, 9.17) is 0 Å². The smallest absolute Gasteiger partial charge is 0.0534 e. The maximum Gasteiger partial charge on any atom is 0.0534 e. The monoisotopic (exact) mass is 195 g/mol. The second-order valence-corrected chi connectivity index (χ2v) is 4.51. The van der Waals surface area contributed by atoms with Gasteiger partial charge in [-0.1, -0.05) is 13.3 Å². The van der Waals surface area contributed by atoms with Crippen molar-refractivity contribution in [2.45, 2.75) is 45.7 Å². The molecule has 0 aliphatic carbocycles. The van der Waals surface area contributed by atoms with E-state index in [0.29, 0.717) is 0 Å². The van der Waals surface area contributed by atoms with Crippen molar-refractivity contribution in [3.05, 3.63) is 18.0 Å². The number of rotatable bonds is 5. The van der Waals surface area contributed by atoms with Crippen LogP contribution in [0.3, 0.4) is 0 Å². The Balaban J connectivity index is 2.40. The summed E-state index contributed by atoms with van der Waals surface area (Å²) in [7, 11) is 1.95. The highest BCUT2D eigenvalue weighted by Gasteiger charge is 2.15. The molecule has 1 aromatic heterocycles. The van der Waals surface area contributed by atoms with E-state index in [1.54, 1.807) is 0 Å². The van der Waals surface area contributed by atoms with Crippen LogP contribution in [0, 0.1) is 0 Å². The number of nitrogens with zero attached hydrogens (tertiary/aromatic N) is 2. The van der Waals surface area contributed by atoms with Crippen molar-refractivity contribution >= 4 is 0 Å². The molecule has 1 rings (SSSR count). The lowest BCUT2D eigenvalue weighted by Crippen LogP contribution is -2.38. The summed E-state index contributed by atoms with van der Waals surface area (Å²) in [6.07, 6.45) is 6.38. The molecule has 0 fully saturated rings. The van der Waals surface area contributed by atoms with Gasteiger partial charge >= 0.3 is 0 Å². The first kappa shape index (κ1) is 11.2. The molecular formula is C11H21N3. The van der Waals surface area contributed by atoms with Crippen molar-refractivity contribution < 1.29 is 0 Å². The van der Waals surface area contributed by atoms with Gasteiger partial charge in [-0.2, -0.15) is 5.10 Å². The second-order valence-electron chi connectivity index (χ2n) is 4.51. The molecule has 0 aliphatic rings. The minimum absolute atomic E-state index is 0.227. The van der Waals surface area contributed by atoms with Crippen LogP contribution in [0.1, 0.15) is 39.2 Å². The van der Waals surface area contributed by atoms with Crippen LogP contribution in [-0.2, 0) is 13.6 Å². The van der Waals surface area contributed by atoms with Crippen LogP contribution in [-0.4, -0.2) is 15.3 Å². The normalized spacial score (nSPS) is 12.0. The Morgan fingerprint density at radius 1 is 1.50 bits per heavy atom. The highest BCUT2D eigenvalue weighted by Crippen LogP contribution is 2.11. The molecule has 1 N–H and O–H groups in total. The van der Waals surface area contributed by atoms with Gasteiger partial charge in [-0.25, -0.2) is 0 Å². The lowest BCUT2D eigenvalue weighted by molar-refractivity contribution is 0.357. The van der Waals surface area contributed by atoms with Crippen molar-refractivity contribution in [1.82, 2.24) is 15.1 Å². The summed E-state index contributed by atoms with van der Waals surface area (Å²) in [5.41, 5.74) is 1.47. The average molecular weight is 195 g/mol. The highest BCUT2D eigenvalue weighted by molar-refractivity contribution is 5.03. The standard InChI is InChI=1S/C11H21N3/c1-5-6-11(2,3)12-7-10-8-13-14(4)9-10/h8-9,12H,5-7H2,1-4H3. The van der Waals surface area contributed by atoms with Crippen LogP contribution >= 0.6 is 0 Å². The summed E-state index contributed by atoms with van der Waals surface area (Å²) in [5, 5.41) is 7.68. The molecule has 80 valence electrons. The predicted molar refractivity (Wildman–Crippen MR) is 59.0 cm³/mol. The van der Waals surface area contributed by atoms with Crippen molar-refractivity contribution in [2.75, 3.05) is 0 Å². The molecule has 0 unspecified atom stereocenters. The van der Waals surface area contributed by atoms with E-state index in [1.807, 2.05) is 17.9 Å². The van der Waals surface area contributed by atoms with Crippen LogP contribution in [0.15, 0.2) is 12.4 Å². The molecule has 0 spiro atoms. The molecule has 14 heavy (non-hydrogen) atoms. The largest absolute Gasteiger partial charge is 0.308 e. The Bertz CT molecular complexity index is 276. The predicted octanol–water partition coefficient (Wildman–Crippen LogP) is 2.09. The summed E-state index contributed by atoms with van der Waals surface area (Å²) < 4.78 is 1.84. The zero-order chi connectivity index (χ0) is 10.6. The lowest BCUT2D eigenvalue weighted by atomic mass is 9.99. The van der Waals surface area contributed by atoms with Gasteiger partial charge in [0.15, 0.2) is 0 Å². The quantitative estimate of drug-likeness (QED) is 0.779. The first-order valence-electron chi connectivity index (χ1n) is 5.26. The third kappa shape index (κ3) is 3.50. The summed E-state index contributed by atoms with van der Waals surface area (Å²) in [6.45, 7) is 7.61. The lowest BCUT2D eigenvalue weighted by Gasteiger charge is -2.25. The third-order valence-electron chi connectivity index (χ3n) is 2.40. The zero-order valence-corrected chi connectivity index (χ0v) is 9.67. The van der Waals surface area contributed by atoms with Gasteiger partial charge in [0.05, 0.1) is 6.20 Å². The molecule has 0 aromatic carbocycles. The molecular weight excluding hydrogens is 174 g/mol. The first-order chi connectivity index (χ1) is 6.53. The summed E-state index contributed by atoms with van der Waals surface area (Å²) in [6, 6.07) is 0. The molecule has 3 heteroatoms. The second kappa shape index (κ2) is 4.60. The van der Waals surface area contributed by atoms with E-state index in [2.05, 4.69) is 37.4 Å². The maximum absolute atomic E-state index is 4.14. The van der Waals surface area contributed by atoms with E-state index >= 15 is 0 Å². The van der Waals surface area contributed by atoms with Gasteiger partial charge < -0.3 is 5.32 Å². The van der Waals surface area contributed by atoms with Crippen LogP contribution < -0.4 is 5.32 Å². The summed E-state index contributed by atoms with van der Waals surface area (Å²) in [5.74, 6) is 0. The summed E-state index contributed by atoms with van der Waals surface area (Å²) in [4.78, 5) is 0. The van der Waals surface area contributed by atoms with E-state index < -0.39 is 0 Å². The molecule has 0 atom stereocenters. The van der Waals surface area contributed by atoms with Crippen LogP contribution in [0.25, 0.3) is 0 Å². The summed E-state index contributed by atoms with van der Waals surface area (Å²) >= 11 is 0.